The molecule has 0 saturated heterocycles. The Balaban J connectivity index is 1.58. The van der Waals surface area contributed by atoms with Crippen LogP contribution >= 0.6 is 12.2 Å². The summed E-state index contributed by atoms with van der Waals surface area (Å²) in [4.78, 5) is 14.2. The van der Waals surface area contributed by atoms with Crippen molar-refractivity contribution in [1.82, 2.24) is 19.9 Å². The van der Waals surface area contributed by atoms with E-state index in [4.69, 9.17) is 21.7 Å². The second-order valence-corrected chi connectivity index (χ2v) is 4.89. The molecule has 9 heteroatoms. The molecule has 0 amide bonds. The molecular formula is C13H10N6O2S. The quantitative estimate of drug-likeness (QED) is 0.389. The lowest BCUT2D eigenvalue weighted by atomic mass is 10.2. The lowest BCUT2D eigenvalue weighted by Gasteiger charge is -2.00. The number of aromatic amines is 2. The molecule has 3 heterocycles. The molecule has 8 nitrogen and oxygen atoms in total. The van der Waals surface area contributed by atoms with Gasteiger partial charge in [-0.25, -0.2) is 4.98 Å². The van der Waals surface area contributed by atoms with Gasteiger partial charge in [-0.05, 0) is 36.0 Å². The summed E-state index contributed by atoms with van der Waals surface area (Å²) < 4.78 is 10.9. The number of nitrogens with one attached hydrogen (secondary N) is 3. The number of hydrogen-bond acceptors (Lipinski definition) is 7. The van der Waals surface area contributed by atoms with Crippen molar-refractivity contribution in [2.45, 2.75) is 0 Å². The van der Waals surface area contributed by atoms with Gasteiger partial charge in [0.1, 0.15) is 11.2 Å². The van der Waals surface area contributed by atoms with E-state index in [2.05, 4.69) is 30.5 Å². The second kappa shape index (κ2) is 5.11. The Hall–Kier alpha value is -2.94. The van der Waals surface area contributed by atoms with Gasteiger partial charge in [-0.1, -0.05) is 0 Å². The van der Waals surface area contributed by atoms with Gasteiger partial charge in [-0.15, -0.1) is 0 Å². The van der Waals surface area contributed by atoms with Crippen LogP contribution in [0.1, 0.15) is 5.56 Å². The van der Waals surface area contributed by atoms with Gasteiger partial charge in [0.05, 0.1) is 12.5 Å². The molecule has 0 spiro atoms. The molecular weight excluding hydrogens is 304 g/mol. The first kappa shape index (κ1) is 12.8. The van der Waals surface area contributed by atoms with Crippen molar-refractivity contribution in [2.75, 3.05) is 12.2 Å². The fourth-order valence-electron chi connectivity index (χ4n) is 2.10. The van der Waals surface area contributed by atoms with Crippen molar-refractivity contribution in [1.29, 1.82) is 0 Å². The highest BCUT2D eigenvalue weighted by Gasteiger charge is 2.12. The van der Waals surface area contributed by atoms with E-state index in [1.807, 2.05) is 18.2 Å². The van der Waals surface area contributed by atoms with Gasteiger partial charge < -0.3 is 19.4 Å². The maximum absolute atomic E-state index is 5.32. The molecule has 0 aliphatic carbocycles. The number of aromatic nitrogens is 4. The molecule has 110 valence electrons. The Morgan fingerprint density at radius 1 is 1.32 bits per heavy atom. The van der Waals surface area contributed by atoms with Crippen LogP contribution in [-0.2, 0) is 0 Å². The number of imidazole rings is 1. The summed E-state index contributed by atoms with van der Waals surface area (Å²) in [5.41, 5.74) is 5.05. The summed E-state index contributed by atoms with van der Waals surface area (Å²) >= 11 is 5.05. The third-order valence-corrected chi connectivity index (χ3v) is 3.28. The Bertz CT molecular complexity index is 932. The van der Waals surface area contributed by atoms with Crippen molar-refractivity contribution in [2.24, 2.45) is 5.10 Å². The maximum Gasteiger partial charge on any atom is 0.231 e. The number of ether oxygens (including phenoxy) is 2. The average Bonchev–Trinajstić information content (AvgIpc) is 3.14. The van der Waals surface area contributed by atoms with E-state index in [9.17, 15) is 0 Å². The van der Waals surface area contributed by atoms with Crippen LogP contribution in [0.25, 0.3) is 11.2 Å². The van der Waals surface area contributed by atoms with Crippen molar-refractivity contribution in [3.63, 3.8) is 0 Å². The molecule has 1 aliphatic rings. The largest absolute Gasteiger partial charge is 0.454 e. The number of fused-ring (bicyclic) bond motifs is 2. The lowest BCUT2D eigenvalue weighted by Crippen LogP contribution is -1.97. The first-order valence-corrected chi connectivity index (χ1v) is 6.82. The molecule has 3 aromatic rings. The van der Waals surface area contributed by atoms with Crippen LogP contribution in [0, 0.1) is 4.77 Å². The number of H-pyrrole nitrogens is 2. The van der Waals surface area contributed by atoms with Crippen LogP contribution in [0.3, 0.4) is 0 Å². The molecule has 2 aromatic heterocycles. The Morgan fingerprint density at radius 3 is 3.18 bits per heavy atom. The van der Waals surface area contributed by atoms with Crippen LogP contribution < -0.4 is 14.9 Å². The van der Waals surface area contributed by atoms with E-state index in [0.29, 0.717) is 27.5 Å². The Kier molecular flexibility index (Phi) is 2.97. The normalized spacial score (nSPS) is 13.1. The van der Waals surface area contributed by atoms with E-state index in [-0.39, 0.29) is 6.79 Å². The molecule has 1 aromatic carbocycles. The van der Waals surface area contributed by atoms with E-state index >= 15 is 0 Å². The van der Waals surface area contributed by atoms with Gasteiger partial charge in [0.2, 0.25) is 11.6 Å². The Labute approximate surface area is 129 Å². The van der Waals surface area contributed by atoms with Gasteiger partial charge in [-0.3, -0.25) is 5.43 Å². The SMILES string of the molecule is S=c1nc(NN=Cc2ccc3c(c2)OCO3)c2nc[nH]c2[nH]1. The van der Waals surface area contributed by atoms with Crippen LogP contribution in [0.4, 0.5) is 5.82 Å². The van der Waals surface area contributed by atoms with E-state index in [0.717, 1.165) is 11.3 Å². The molecule has 0 fully saturated rings. The summed E-state index contributed by atoms with van der Waals surface area (Å²) in [6.07, 6.45) is 3.21. The molecule has 0 radical (unpaired) electrons. The summed E-state index contributed by atoms with van der Waals surface area (Å²) in [5, 5.41) is 4.16. The van der Waals surface area contributed by atoms with Crippen molar-refractivity contribution in [3.8, 4) is 11.5 Å². The van der Waals surface area contributed by atoms with Gasteiger partial charge in [0, 0.05) is 0 Å². The number of hydrazone groups is 1. The summed E-state index contributed by atoms with van der Waals surface area (Å²) in [7, 11) is 0. The van der Waals surface area contributed by atoms with Crippen LogP contribution in [-0.4, -0.2) is 32.9 Å². The zero-order valence-electron chi connectivity index (χ0n) is 11.2. The minimum atomic E-state index is 0.247. The van der Waals surface area contributed by atoms with Gasteiger partial charge >= 0.3 is 0 Å². The highest BCUT2D eigenvalue weighted by atomic mass is 32.1. The minimum absolute atomic E-state index is 0.247. The van der Waals surface area contributed by atoms with E-state index < -0.39 is 0 Å². The fourth-order valence-corrected chi connectivity index (χ4v) is 2.29. The van der Waals surface area contributed by atoms with E-state index in [1.165, 1.54) is 0 Å². The topological polar surface area (TPSA) is 100 Å². The molecule has 4 rings (SSSR count). The number of rotatable bonds is 3. The summed E-state index contributed by atoms with van der Waals surface area (Å²) in [6, 6.07) is 5.57. The maximum atomic E-state index is 5.32. The smallest absolute Gasteiger partial charge is 0.231 e. The molecule has 0 bridgehead atoms. The molecule has 0 atom stereocenters. The monoisotopic (exact) mass is 314 g/mol. The first-order valence-electron chi connectivity index (χ1n) is 6.42. The van der Waals surface area contributed by atoms with Crippen LogP contribution in [0.15, 0.2) is 29.6 Å². The third kappa shape index (κ3) is 2.27. The molecule has 1 aliphatic heterocycles. The second-order valence-electron chi connectivity index (χ2n) is 4.50. The fraction of sp³-hybridized carbons (Fsp3) is 0.0769. The first-order chi connectivity index (χ1) is 10.8. The third-order valence-electron chi connectivity index (χ3n) is 3.09. The average molecular weight is 314 g/mol. The zero-order chi connectivity index (χ0) is 14.9. The van der Waals surface area contributed by atoms with Crippen molar-refractivity contribution >= 4 is 35.4 Å². The highest BCUT2D eigenvalue weighted by molar-refractivity contribution is 7.71. The van der Waals surface area contributed by atoms with Crippen LogP contribution in [0.2, 0.25) is 0 Å². The van der Waals surface area contributed by atoms with Crippen molar-refractivity contribution < 1.29 is 9.47 Å². The molecule has 3 N–H and O–H groups in total. The highest BCUT2D eigenvalue weighted by Crippen LogP contribution is 2.32. The van der Waals surface area contributed by atoms with Crippen molar-refractivity contribution in [3.05, 3.63) is 34.9 Å². The molecule has 22 heavy (non-hydrogen) atoms. The number of benzene rings is 1. The standard InChI is InChI=1S/C13H10N6O2S/c22-13-17-11-10(14-5-15-11)12(18-13)19-16-4-7-1-2-8-9(3-7)21-6-20-8/h1-5H,6H2,(H3,14,15,17,18,19,22). The summed E-state index contributed by atoms with van der Waals surface area (Å²) in [5.74, 6) is 1.93. The van der Waals surface area contributed by atoms with Crippen LogP contribution in [0.5, 0.6) is 11.5 Å². The van der Waals surface area contributed by atoms with Gasteiger partial charge in [-0.2, -0.15) is 10.1 Å². The minimum Gasteiger partial charge on any atom is -0.454 e. The molecule has 0 saturated carbocycles. The number of anilines is 1. The van der Waals surface area contributed by atoms with Gasteiger partial charge in [0.15, 0.2) is 17.3 Å². The predicted octanol–water partition coefficient (Wildman–Crippen LogP) is 2.19. The van der Waals surface area contributed by atoms with E-state index in [1.54, 1.807) is 12.5 Å². The number of nitrogens with zero attached hydrogens (tertiary/aromatic N) is 3. The summed E-state index contributed by atoms with van der Waals surface area (Å²) in [6.45, 7) is 0.247. The van der Waals surface area contributed by atoms with Gasteiger partial charge in [0.25, 0.3) is 0 Å². The Morgan fingerprint density at radius 2 is 2.23 bits per heavy atom. The predicted molar refractivity (Wildman–Crippen MR) is 82.9 cm³/mol. The molecule has 0 unspecified atom stereocenters. The lowest BCUT2D eigenvalue weighted by molar-refractivity contribution is 0.174. The number of hydrogen-bond donors (Lipinski definition) is 3. The zero-order valence-corrected chi connectivity index (χ0v) is 12.0.